The summed E-state index contributed by atoms with van der Waals surface area (Å²) in [6, 6.07) is 14.9. The molecule has 2 aliphatic rings. The minimum Gasteiger partial charge on any atom is -0.383 e. The van der Waals surface area contributed by atoms with Crippen LogP contribution in [0.2, 0.25) is 0 Å². The minimum atomic E-state index is -0.726. The van der Waals surface area contributed by atoms with Crippen molar-refractivity contribution in [3.05, 3.63) is 48.0 Å². The fraction of sp³-hybridized carbons (Fsp3) is 0.500. The lowest BCUT2D eigenvalue weighted by molar-refractivity contribution is -0.0993. The van der Waals surface area contributed by atoms with E-state index in [9.17, 15) is 5.11 Å². The average molecular weight is 295 g/mol. The average Bonchev–Trinajstić information content (AvgIpc) is 2.58. The van der Waals surface area contributed by atoms with E-state index < -0.39 is 5.60 Å². The van der Waals surface area contributed by atoms with Gasteiger partial charge in [0.05, 0.1) is 5.54 Å². The second-order valence-corrected chi connectivity index (χ2v) is 7.10. The Balaban J connectivity index is 1.81. The zero-order valence-electron chi connectivity index (χ0n) is 13.1. The number of fused-ring (bicyclic) bond motifs is 1. The van der Waals surface area contributed by atoms with Gasteiger partial charge in [0.1, 0.15) is 5.60 Å². The summed E-state index contributed by atoms with van der Waals surface area (Å²) in [5.74, 6) is 0. The van der Waals surface area contributed by atoms with Crippen molar-refractivity contribution < 1.29 is 5.11 Å². The molecule has 1 spiro atoms. The third kappa shape index (κ3) is 2.09. The van der Waals surface area contributed by atoms with Crippen LogP contribution in [-0.2, 0) is 5.60 Å². The predicted octanol–water partition coefficient (Wildman–Crippen LogP) is 4.11. The number of rotatable bonds is 1. The summed E-state index contributed by atoms with van der Waals surface area (Å²) in [6.07, 6.45) is 7.86. The van der Waals surface area contributed by atoms with Crippen LogP contribution in [0.5, 0.6) is 0 Å². The van der Waals surface area contributed by atoms with Crippen LogP contribution in [0.4, 0.5) is 0 Å². The lowest BCUT2D eigenvalue weighted by atomic mass is 9.63. The number of piperidine rings is 1. The third-order valence-electron chi connectivity index (χ3n) is 5.90. The molecule has 2 nitrogen and oxygen atoms in total. The monoisotopic (exact) mass is 295 g/mol. The van der Waals surface area contributed by atoms with Crippen molar-refractivity contribution in [2.45, 2.75) is 56.1 Å². The first-order chi connectivity index (χ1) is 10.7. The minimum absolute atomic E-state index is 0.119. The molecule has 1 saturated heterocycles. The lowest BCUT2D eigenvalue weighted by Gasteiger charge is -2.53. The Morgan fingerprint density at radius 3 is 2.41 bits per heavy atom. The van der Waals surface area contributed by atoms with Crippen LogP contribution in [-0.4, -0.2) is 17.2 Å². The molecule has 2 aromatic rings. The summed E-state index contributed by atoms with van der Waals surface area (Å²) in [4.78, 5) is 0. The summed E-state index contributed by atoms with van der Waals surface area (Å²) in [7, 11) is 0. The molecule has 1 atom stereocenters. The summed E-state index contributed by atoms with van der Waals surface area (Å²) in [5.41, 5.74) is 0.252. The maximum Gasteiger partial charge on any atom is 0.108 e. The van der Waals surface area contributed by atoms with Crippen molar-refractivity contribution in [3.8, 4) is 0 Å². The molecule has 22 heavy (non-hydrogen) atoms. The largest absolute Gasteiger partial charge is 0.383 e. The fourth-order valence-corrected chi connectivity index (χ4v) is 4.67. The van der Waals surface area contributed by atoms with Crippen molar-refractivity contribution in [3.63, 3.8) is 0 Å². The van der Waals surface area contributed by atoms with Crippen LogP contribution in [0, 0.1) is 0 Å². The van der Waals surface area contributed by atoms with Gasteiger partial charge in [-0.3, -0.25) is 0 Å². The second-order valence-electron chi connectivity index (χ2n) is 7.10. The van der Waals surface area contributed by atoms with Crippen molar-refractivity contribution in [2.24, 2.45) is 0 Å². The van der Waals surface area contributed by atoms with Crippen LogP contribution >= 0.6 is 0 Å². The van der Waals surface area contributed by atoms with Crippen LogP contribution < -0.4 is 5.32 Å². The van der Waals surface area contributed by atoms with Crippen LogP contribution in [0.1, 0.15) is 50.5 Å². The summed E-state index contributed by atoms with van der Waals surface area (Å²) < 4.78 is 0. The molecular formula is C20H25NO. The Bertz CT molecular complexity index is 666. The highest BCUT2D eigenvalue weighted by atomic mass is 16.3. The molecule has 1 heterocycles. The first kappa shape index (κ1) is 14.2. The Hall–Kier alpha value is -1.38. The van der Waals surface area contributed by atoms with E-state index >= 15 is 0 Å². The fourth-order valence-electron chi connectivity index (χ4n) is 4.67. The molecular weight excluding hydrogens is 270 g/mol. The second kappa shape index (κ2) is 5.36. The molecule has 1 unspecified atom stereocenters. The van der Waals surface area contributed by atoms with Gasteiger partial charge in [-0.25, -0.2) is 0 Å². The zero-order valence-corrected chi connectivity index (χ0v) is 13.1. The number of nitrogens with one attached hydrogen (secondary N) is 1. The van der Waals surface area contributed by atoms with Gasteiger partial charge in [0.25, 0.3) is 0 Å². The van der Waals surface area contributed by atoms with Gasteiger partial charge in [0.2, 0.25) is 0 Å². The summed E-state index contributed by atoms with van der Waals surface area (Å²) >= 11 is 0. The van der Waals surface area contributed by atoms with E-state index in [2.05, 4.69) is 47.8 Å². The number of hydrogen-bond donors (Lipinski definition) is 2. The van der Waals surface area contributed by atoms with Gasteiger partial charge in [-0.05, 0) is 54.6 Å². The highest BCUT2D eigenvalue weighted by Gasteiger charge is 2.52. The van der Waals surface area contributed by atoms with E-state index in [4.69, 9.17) is 0 Å². The smallest absolute Gasteiger partial charge is 0.108 e. The Morgan fingerprint density at radius 1 is 0.818 bits per heavy atom. The molecule has 1 saturated carbocycles. The molecule has 2 heteroatoms. The van der Waals surface area contributed by atoms with Crippen molar-refractivity contribution >= 4 is 10.8 Å². The van der Waals surface area contributed by atoms with Gasteiger partial charge in [0, 0.05) is 0 Å². The van der Waals surface area contributed by atoms with Gasteiger partial charge in [-0.15, -0.1) is 0 Å². The molecule has 116 valence electrons. The van der Waals surface area contributed by atoms with E-state index in [1.54, 1.807) is 0 Å². The predicted molar refractivity (Wildman–Crippen MR) is 90.9 cm³/mol. The number of hydrogen-bond acceptors (Lipinski definition) is 2. The number of benzene rings is 2. The molecule has 2 fully saturated rings. The molecule has 0 amide bonds. The van der Waals surface area contributed by atoms with Gasteiger partial charge in [-0.1, -0.05) is 55.7 Å². The standard InChI is InChI=1S/C20H25NO/c22-20(13-6-14-21-19(20)11-4-1-5-12-19)18-10-9-16-7-2-3-8-17(16)15-18/h2-3,7-10,15,21-22H,1,4-6,11-14H2. The van der Waals surface area contributed by atoms with Gasteiger partial charge in [-0.2, -0.15) is 0 Å². The molecule has 0 bridgehead atoms. The third-order valence-corrected chi connectivity index (χ3v) is 5.90. The first-order valence-electron chi connectivity index (χ1n) is 8.70. The molecule has 4 rings (SSSR count). The van der Waals surface area contributed by atoms with Gasteiger partial charge >= 0.3 is 0 Å². The molecule has 2 N–H and O–H groups in total. The molecule has 0 radical (unpaired) electrons. The normalized spacial score (nSPS) is 28.0. The zero-order chi connectivity index (χ0) is 15.0. The van der Waals surface area contributed by atoms with Crippen LogP contribution in [0.15, 0.2) is 42.5 Å². The Labute approximate surface area is 132 Å². The van der Waals surface area contributed by atoms with Crippen molar-refractivity contribution in [1.29, 1.82) is 0 Å². The molecule has 2 aromatic carbocycles. The first-order valence-corrected chi connectivity index (χ1v) is 8.70. The van der Waals surface area contributed by atoms with Crippen LogP contribution in [0.3, 0.4) is 0 Å². The van der Waals surface area contributed by atoms with E-state index in [1.165, 1.54) is 30.0 Å². The molecule has 1 aliphatic heterocycles. The summed E-state index contributed by atoms with van der Waals surface area (Å²) in [6.45, 7) is 1.04. The van der Waals surface area contributed by atoms with Gasteiger partial charge in [0.15, 0.2) is 0 Å². The quantitative estimate of drug-likeness (QED) is 0.829. The van der Waals surface area contributed by atoms with E-state index in [1.807, 2.05) is 0 Å². The SMILES string of the molecule is OC1(c2ccc3ccccc3c2)CCCNC12CCCCC2. The Kier molecular flexibility index (Phi) is 3.47. The maximum absolute atomic E-state index is 11.7. The number of aliphatic hydroxyl groups is 1. The maximum atomic E-state index is 11.7. The molecule has 0 aromatic heterocycles. The van der Waals surface area contributed by atoms with E-state index in [0.29, 0.717) is 0 Å². The molecule has 1 aliphatic carbocycles. The van der Waals surface area contributed by atoms with E-state index in [0.717, 1.165) is 37.8 Å². The highest BCUT2D eigenvalue weighted by molar-refractivity contribution is 5.83. The lowest BCUT2D eigenvalue weighted by Crippen LogP contribution is -2.64. The summed E-state index contributed by atoms with van der Waals surface area (Å²) in [5, 5.41) is 17.9. The van der Waals surface area contributed by atoms with Crippen LogP contribution in [0.25, 0.3) is 10.8 Å². The van der Waals surface area contributed by atoms with Crippen molar-refractivity contribution in [1.82, 2.24) is 5.32 Å². The van der Waals surface area contributed by atoms with Crippen molar-refractivity contribution in [2.75, 3.05) is 6.54 Å². The van der Waals surface area contributed by atoms with Gasteiger partial charge < -0.3 is 10.4 Å². The highest BCUT2D eigenvalue weighted by Crippen LogP contribution is 2.48. The van der Waals surface area contributed by atoms with E-state index in [-0.39, 0.29) is 5.54 Å². The Morgan fingerprint density at radius 2 is 1.59 bits per heavy atom. The topological polar surface area (TPSA) is 32.3 Å².